The van der Waals surface area contributed by atoms with Crippen molar-refractivity contribution in [2.24, 2.45) is 0 Å². The number of aliphatic hydroxyl groups is 1. The number of methoxy groups -OCH3 is 1. The summed E-state index contributed by atoms with van der Waals surface area (Å²) in [5.74, 6) is 0.188. The fourth-order valence-electron chi connectivity index (χ4n) is 4.30. The molecular formula is C27H23NO6. The average Bonchev–Trinajstić information content (AvgIpc) is 3.42. The van der Waals surface area contributed by atoms with Gasteiger partial charge >= 0.3 is 0 Å². The first-order valence-electron chi connectivity index (χ1n) is 10.8. The summed E-state index contributed by atoms with van der Waals surface area (Å²) >= 11 is 0. The Bertz CT molecular complexity index is 1310. The van der Waals surface area contributed by atoms with Gasteiger partial charge in [0.1, 0.15) is 11.5 Å². The summed E-state index contributed by atoms with van der Waals surface area (Å²) < 4.78 is 16.2. The van der Waals surface area contributed by atoms with Crippen molar-refractivity contribution in [3.63, 3.8) is 0 Å². The normalized spacial score (nSPS) is 18.4. The second kappa shape index (κ2) is 8.59. The highest BCUT2D eigenvalue weighted by Gasteiger charge is 2.46. The largest absolute Gasteiger partial charge is 0.507 e. The summed E-state index contributed by atoms with van der Waals surface area (Å²) in [6.45, 7) is 2.22. The van der Waals surface area contributed by atoms with Crippen molar-refractivity contribution in [1.29, 1.82) is 0 Å². The molecule has 0 saturated carbocycles. The zero-order chi connectivity index (χ0) is 23.8. The Morgan fingerprint density at radius 1 is 1.03 bits per heavy atom. The third kappa shape index (κ3) is 3.75. The maximum absolute atomic E-state index is 13.2. The number of aryl methyl sites for hydroxylation is 1. The number of carbonyl (C=O) groups is 2. The van der Waals surface area contributed by atoms with Gasteiger partial charge in [-0.25, -0.2) is 0 Å². The number of ether oxygens (including phenoxy) is 3. The zero-order valence-corrected chi connectivity index (χ0v) is 18.8. The third-order valence-corrected chi connectivity index (χ3v) is 6.06. The smallest absolute Gasteiger partial charge is 0.295 e. The molecule has 0 aliphatic carbocycles. The van der Waals surface area contributed by atoms with Crippen molar-refractivity contribution in [3.8, 4) is 17.2 Å². The molecule has 1 atom stereocenters. The van der Waals surface area contributed by atoms with Crippen molar-refractivity contribution in [3.05, 3.63) is 94.6 Å². The summed E-state index contributed by atoms with van der Waals surface area (Å²) in [6.07, 6.45) is 0. The molecule has 0 bridgehead atoms. The lowest BCUT2D eigenvalue weighted by Gasteiger charge is -2.26. The van der Waals surface area contributed by atoms with E-state index in [2.05, 4.69) is 0 Å². The van der Waals surface area contributed by atoms with Gasteiger partial charge in [-0.15, -0.1) is 0 Å². The molecule has 2 aliphatic rings. The van der Waals surface area contributed by atoms with E-state index < -0.39 is 17.7 Å². The van der Waals surface area contributed by atoms with Gasteiger partial charge in [0.25, 0.3) is 11.7 Å². The van der Waals surface area contributed by atoms with Crippen LogP contribution >= 0.6 is 0 Å². The molecular weight excluding hydrogens is 434 g/mol. The number of aliphatic hydroxyl groups excluding tert-OH is 1. The quantitative estimate of drug-likeness (QED) is 0.348. The van der Waals surface area contributed by atoms with Crippen LogP contribution in [0.15, 0.2) is 72.3 Å². The van der Waals surface area contributed by atoms with Gasteiger partial charge in [0.05, 0.1) is 18.7 Å². The predicted molar refractivity (Wildman–Crippen MR) is 125 cm³/mol. The summed E-state index contributed by atoms with van der Waals surface area (Å²) in [5, 5.41) is 11.2. The Morgan fingerprint density at radius 3 is 2.56 bits per heavy atom. The maximum atomic E-state index is 13.2. The molecule has 1 amide bonds. The van der Waals surface area contributed by atoms with Gasteiger partial charge in [-0.1, -0.05) is 48.0 Å². The Hall–Kier alpha value is -4.26. The van der Waals surface area contributed by atoms with E-state index in [0.717, 1.165) is 11.1 Å². The highest BCUT2D eigenvalue weighted by molar-refractivity contribution is 6.46. The summed E-state index contributed by atoms with van der Waals surface area (Å²) in [6, 6.07) is 18.9. The summed E-state index contributed by atoms with van der Waals surface area (Å²) in [7, 11) is 1.55. The number of nitrogens with zero attached hydrogens (tertiary/aromatic N) is 1. The van der Waals surface area contributed by atoms with E-state index in [4.69, 9.17) is 14.2 Å². The monoisotopic (exact) mass is 457 g/mol. The first-order chi connectivity index (χ1) is 16.5. The first-order valence-corrected chi connectivity index (χ1v) is 10.8. The molecule has 172 valence electrons. The number of likely N-dealkylation sites (tertiary alicyclic amines) is 1. The van der Waals surface area contributed by atoms with Gasteiger partial charge in [-0.2, -0.15) is 0 Å². The van der Waals surface area contributed by atoms with Crippen LogP contribution < -0.4 is 14.2 Å². The number of benzene rings is 3. The van der Waals surface area contributed by atoms with Crippen LogP contribution in [0, 0.1) is 6.92 Å². The van der Waals surface area contributed by atoms with Crippen LogP contribution in [0.25, 0.3) is 5.76 Å². The summed E-state index contributed by atoms with van der Waals surface area (Å²) in [5.41, 5.74) is 2.97. The fraction of sp³-hybridized carbons (Fsp3) is 0.185. The SMILES string of the molecule is COc1cccc(C2/C(=C(\O)c3ccc(C)cc3)C(=O)C(=O)N2Cc2ccc3c(c2)OCO3)c1. The van der Waals surface area contributed by atoms with Gasteiger partial charge in [-0.3, -0.25) is 9.59 Å². The number of fused-ring (bicyclic) bond motifs is 1. The molecule has 0 aromatic heterocycles. The number of hydrogen-bond acceptors (Lipinski definition) is 6. The van der Waals surface area contributed by atoms with E-state index in [1.807, 2.05) is 31.2 Å². The lowest BCUT2D eigenvalue weighted by atomic mass is 9.94. The van der Waals surface area contributed by atoms with Crippen LogP contribution in [0.3, 0.4) is 0 Å². The van der Waals surface area contributed by atoms with Gasteiger partial charge in [0.15, 0.2) is 11.5 Å². The molecule has 1 unspecified atom stereocenters. The van der Waals surface area contributed by atoms with Gasteiger partial charge < -0.3 is 24.2 Å². The number of rotatable bonds is 5. The number of hydrogen-bond donors (Lipinski definition) is 1. The van der Waals surface area contributed by atoms with Crippen LogP contribution in [0.1, 0.15) is 28.3 Å². The second-order valence-corrected chi connectivity index (χ2v) is 8.26. The molecule has 2 heterocycles. The van der Waals surface area contributed by atoms with Crippen molar-refractivity contribution in [2.45, 2.75) is 19.5 Å². The highest BCUT2D eigenvalue weighted by Crippen LogP contribution is 2.42. The molecule has 5 rings (SSSR count). The maximum Gasteiger partial charge on any atom is 0.295 e. The molecule has 1 N–H and O–H groups in total. The number of carbonyl (C=O) groups excluding carboxylic acids is 2. The zero-order valence-electron chi connectivity index (χ0n) is 18.8. The van der Waals surface area contributed by atoms with Crippen LogP contribution in [0.2, 0.25) is 0 Å². The van der Waals surface area contributed by atoms with E-state index in [1.54, 1.807) is 49.6 Å². The number of ketones is 1. The second-order valence-electron chi connectivity index (χ2n) is 8.26. The van der Waals surface area contributed by atoms with Crippen LogP contribution in [0.5, 0.6) is 17.2 Å². The lowest BCUT2D eigenvalue weighted by Crippen LogP contribution is -2.29. The van der Waals surface area contributed by atoms with E-state index in [-0.39, 0.29) is 24.7 Å². The van der Waals surface area contributed by atoms with Gasteiger partial charge in [-0.05, 0) is 42.3 Å². The molecule has 7 heteroatoms. The average molecular weight is 457 g/mol. The van der Waals surface area contributed by atoms with Crippen LogP contribution in [0.4, 0.5) is 0 Å². The Labute approximate surface area is 196 Å². The molecule has 2 aliphatic heterocycles. The Kier molecular flexibility index (Phi) is 5.45. The topological polar surface area (TPSA) is 85.3 Å². The van der Waals surface area contributed by atoms with Gasteiger partial charge in [0.2, 0.25) is 6.79 Å². The van der Waals surface area contributed by atoms with E-state index in [9.17, 15) is 14.7 Å². The minimum Gasteiger partial charge on any atom is -0.507 e. The molecule has 1 saturated heterocycles. The fourth-order valence-corrected chi connectivity index (χ4v) is 4.30. The van der Waals surface area contributed by atoms with Crippen molar-refractivity contribution in [2.75, 3.05) is 13.9 Å². The van der Waals surface area contributed by atoms with Crippen molar-refractivity contribution < 1.29 is 28.9 Å². The standard InChI is InChI=1S/C27H23NO6/c1-16-6-9-18(10-7-16)25(29)23-24(19-4-3-5-20(13-19)32-2)28(27(31)26(23)30)14-17-8-11-21-22(12-17)34-15-33-21/h3-13,24,29H,14-15H2,1-2H3/b25-23+. The minimum absolute atomic E-state index is 0.0443. The van der Waals surface area contributed by atoms with Crippen molar-refractivity contribution >= 4 is 17.4 Å². The Balaban J connectivity index is 1.62. The molecule has 1 fully saturated rings. The van der Waals surface area contributed by atoms with Crippen LogP contribution in [-0.2, 0) is 16.1 Å². The van der Waals surface area contributed by atoms with Crippen LogP contribution in [-0.4, -0.2) is 35.6 Å². The first kappa shape index (κ1) is 21.6. The van der Waals surface area contributed by atoms with Crippen molar-refractivity contribution in [1.82, 2.24) is 4.90 Å². The highest BCUT2D eigenvalue weighted by atomic mass is 16.7. The third-order valence-electron chi connectivity index (χ3n) is 6.06. The minimum atomic E-state index is -0.790. The van der Waals surface area contributed by atoms with E-state index in [1.165, 1.54) is 4.90 Å². The molecule has 3 aromatic carbocycles. The number of amides is 1. The number of Topliss-reactive ketones (excluding diaryl/α,β-unsaturated/α-hetero) is 1. The predicted octanol–water partition coefficient (Wildman–Crippen LogP) is 4.35. The Morgan fingerprint density at radius 2 is 1.79 bits per heavy atom. The summed E-state index contributed by atoms with van der Waals surface area (Å²) in [4.78, 5) is 27.9. The molecule has 3 aromatic rings. The molecule has 34 heavy (non-hydrogen) atoms. The van der Waals surface area contributed by atoms with Gasteiger partial charge in [0, 0.05) is 12.1 Å². The molecule has 0 spiro atoms. The van der Waals surface area contributed by atoms with E-state index in [0.29, 0.717) is 28.4 Å². The molecule has 7 nitrogen and oxygen atoms in total. The van der Waals surface area contributed by atoms with E-state index >= 15 is 0 Å². The molecule has 0 radical (unpaired) electrons. The lowest BCUT2D eigenvalue weighted by molar-refractivity contribution is -0.140.